The molecule has 6 nitrogen and oxygen atoms in total. The molecule has 0 spiro atoms. The summed E-state index contributed by atoms with van der Waals surface area (Å²) in [6.45, 7) is 8.57. The first-order valence-corrected chi connectivity index (χ1v) is 11.5. The molecule has 1 aromatic heterocycles. The molecule has 0 saturated carbocycles. The molecule has 1 fully saturated rings. The van der Waals surface area contributed by atoms with Crippen molar-refractivity contribution in [3.8, 4) is 5.75 Å². The Bertz CT molecular complexity index is 825. The van der Waals surface area contributed by atoms with Crippen LogP contribution >= 0.6 is 35.6 Å². The van der Waals surface area contributed by atoms with Crippen molar-refractivity contribution in [3.05, 3.63) is 58.9 Å². The Kier molecular flexibility index (Phi) is 11.5. The maximum atomic E-state index is 5.87. The van der Waals surface area contributed by atoms with E-state index in [4.69, 9.17) is 26.1 Å². The Balaban J connectivity index is 0.00000363. The second kappa shape index (κ2) is 13.9. The SMILES string of the molecule is CCNC(=NCC1(c2ccc(OCC)cc2)CCOCC1)NCCc1ccc(Cl)nc1.I. The van der Waals surface area contributed by atoms with Crippen LogP contribution in [-0.2, 0) is 16.6 Å². The third kappa shape index (κ3) is 7.78. The van der Waals surface area contributed by atoms with Gasteiger partial charge in [0.15, 0.2) is 5.96 Å². The van der Waals surface area contributed by atoms with Gasteiger partial charge in [-0.05, 0) is 62.4 Å². The van der Waals surface area contributed by atoms with Gasteiger partial charge in [-0.25, -0.2) is 4.98 Å². The number of pyridine rings is 1. The summed E-state index contributed by atoms with van der Waals surface area (Å²) in [7, 11) is 0. The average Bonchev–Trinajstić information content (AvgIpc) is 2.80. The highest BCUT2D eigenvalue weighted by atomic mass is 127. The highest BCUT2D eigenvalue weighted by Crippen LogP contribution is 2.36. The van der Waals surface area contributed by atoms with Gasteiger partial charge < -0.3 is 20.1 Å². The standard InChI is InChI=1S/C24H33ClN4O2.HI/c1-3-26-23(27-14-11-19-5-10-22(25)28-17-19)29-18-24(12-15-30-16-13-24)20-6-8-21(9-7-20)31-4-2;/h5-10,17H,3-4,11-16,18H2,1-2H3,(H2,26,27,29);1H. The van der Waals surface area contributed by atoms with E-state index in [1.807, 2.05) is 25.3 Å². The largest absolute Gasteiger partial charge is 0.494 e. The fourth-order valence-corrected chi connectivity index (χ4v) is 3.94. The molecule has 1 aliphatic heterocycles. The molecule has 1 aromatic carbocycles. The lowest BCUT2D eigenvalue weighted by Crippen LogP contribution is -2.41. The van der Waals surface area contributed by atoms with Crippen molar-refractivity contribution in [2.24, 2.45) is 4.99 Å². The van der Waals surface area contributed by atoms with Crippen LogP contribution < -0.4 is 15.4 Å². The van der Waals surface area contributed by atoms with Crippen LogP contribution in [0.1, 0.15) is 37.8 Å². The predicted molar refractivity (Wildman–Crippen MR) is 142 cm³/mol. The molecule has 0 bridgehead atoms. The minimum Gasteiger partial charge on any atom is -0.494 e. The van der Waals surface area contributed by atoms with E-state index in [2.05, 4.69) is 46.8 Å². The molecule has 8 heteroatoms. The first-order valence-electron chi connectivity index (χ1n) is 11.1. The normalized spacial score (nSPS) is 15.5. The molecule has 1 saturated heterocycles. The van der Waals surface area contributed by atoms with E-state index in [0.29, 0.717) is 18.3 Å². The summed E-state index contributed by atoms with van der Waals surface area (Å²) in [5.41, 5.74) is 2.42. The van der Waals surface area contributed by atoms with E-state index in [0.717, 1.165) is 62.8 Å². The summed E-state index contributed by atoms with van der Waals surface area (Å²) in [6, 6.07) is 12.3. The smallest absolute Gasteiger partial charge is 0.191 e. The van der Waals surface area contributed by atoms with Crippen molar-refractivity contribution < 1.29 is 9.47 Å². The molecule has 176 valence electrons. The van der Waals surface area contributed by atoms with Gasteiger partial charge in [-0.3, -0.25) is 4.99 Å². The van der Waals surface area contributed by atoms with E-state index in [9.17, 15) is 0 Å². The Morgan fingerprint density at radius 3 is 2.50 bits per heavy atom. The molecule has 2 N–H and O–H groups in total. The Hall–Kier alpha value is -1.58. The van der Waals surface area contributed by atoms with Gasteiger partial charge in [-0.15, -0.1) is 24.0 Å². The Morgan fingerprint density at radius 1 is 1.12 bits per heavy atom. The van der Waals surface area contributed by atoms with Gasteiger partial charge in [-0.2, -0.15) is 0 Å². The molecule has 32 heavy (non-hydrogen) atoms. The zero-order chi connectivity index (χ0) is 21.9. The number of guanidine groups is 1. The highest BCUT2D eigenvalue weighted by molar-refractivity contribution is 14.0. The molecule has 0 radical (unpaired) electrons. The zero-order valence-corrected chi connectivity index (χ0v) is 22.0. The molecule has 0 unspecified atom stereocenters. The Morgan fingerprint density at radius 2 is 1.88 bits per heavy atom. The summed E-state index contributed by atoms with van der Waals surface area (Å²) in [5.74, 6) is 1.74. The number of aliphatic imine (C=N–C) groups is 1. The first kappa shape index (κ1) is 26.7. The second-order valence-corrected chi connectivity index (χ2v) is 8.10. The molecule has 0 amide bonds. The molecule has 0 aliphatic carbocycles. The third-order valence-electron chi connectivity index (χ3n) is 5.61. The number of hydrogen-bond donors (Lipinski definition) is 2. The maximum absolute atomic E-state index is 5.87. The molecular weight excluding hydrogens is 539 g/mol. The van der Waals surface area contributed by atoms with Gasteiger partial charge in [0.2, 0.25) is 0 Å². The summed E-state index contributed by atoms with van der Waals surface area (Å²) in [6.07, 6.45) is 4.59. The Labute approximate surface area is 213 Å². The predicted octanol–water partition coefficient (Wildman–Crippen LogP) is 4.60. The number of nitrogens with one attached hydrogen (secondary N) is 2. The van der Waals surface area contributed by atoms with Gasteiger partial charge in [0.1, 0.15) is 10.9 Å². The van der Waals surface area contributed by atoms with Gasteiger partial charge in [0.05, 0.1) is 13.2 Å². The van der Waals surface area contributed by atoms with E-state index in [-0.39, 0.29) is 29.4 Å². The van der Waals surface area contributed by atoms with E-state index < -0.39 is 0 Å². The lowest BCUT2D eigenvalue weighted by Gasteiger charge is -2.36. The quantitative estimate of drug-likeness (QED) is 0.199. The summed E-state index contributed by atoms with van der Waals surface area (Å²) in [4.78, 5) is 9.10. The van der Waals surface area contributed by atoms with E-state index >= 15 is 0 Å². The number of halogens is 2. The number of benzene rings is 1. The molecule has 0 atom stereocenters. The molecular formula is C24H34ClIN4O2. The summed E-state index contributed by atoms with van der Waals surface area (Å²) < 4.78 is 11.3. The summed E-state index contributed by atoms with van der Waals surface area (Å²) in [5, 5.41) is 7.32. The van der Waals surface area contributed by atoms with Crippen LogP contribution in [0.3, 0.4) is 0 Å². The summed E-state index contributed by atoms with van der Waals surface area (Å²) >= 11 is 5.87. The number of ether oxygens (including phenoxy) is 2. The van der Waals surface area contributed by atoms with Crippen LogP contribution in [0, 0.1) is 0 Å². The zero-order valence-electron chi connectivity index (χ0n) is 18.9. The van der Waals surface area contributed by atoms with Crippen LogP contribution in [-0.4, -0.2) is 50.4 Å². The van der Waals surface area contributed by atoms with E-state index in [1.165, 1.54) is 5.56 Å². The van der Waals surface area contributed by atoms with Gasteiger partial charge >= 0.3 is 0 Å². The van der Waals surface area contributed by atoms with Crippen LogP contribution in [0.2, 0.25) is 5.15 Å². The lowest BCUT2D eigenvalue weighted by atomic mass is 9.74. The molecule has 3 rings (SSSR count). The monoisotopic (exact) mass is 572 g/mol. The van der Waals surface area contributed by atoms with Crippen molar-refractivity contribution in [2.45, 2.75) is 38.5 Å². The number of nitrogens with zero attached hydrogens (tertiary/aromatic N) is 2. The van der Waals surface area contributed by atoms with Gasteiger partial charge in [0.25, 0.3) is 0 Å². The third-order valence-corrected chi connectivity index (χ3v) is 5.83. The molecule has 1 aliphatic rings. The highest BCUT2D eigenvalue weighted by Gasteiger charge is 2.34. The van der Waals surface area contributed by atoms with Crippen LogP contribution in [0.4, 0.5) is 0 Å². The maximum Gasteiger partial charge on any atom is 0.191 e. The number of rotatable bonds is 9. The fraction of sp³-hybridized carbons (Fsp3) is 0.500. The van der Waals surface area contributed by atoms with Crippen molar-refractivity contribution in [1.29, 1.82) is 0 Å². The average molecular weight is 573 g/mol. The number of hydrogen-bond acceptors (Lipinski definition) is 4. The minimum absolute atomic E-state index is 0. The van der Waals surface area contributed by atoms with Crippen LogP contribution in [0.15, 0.2) is 47.6 Å². The van der Waals surface area contributed by atoms with Crippen LogP contribution in [0.25, 0.3) is 0 Å². The fourth-order valence-electron chi connectivity index (χ4n) is 3.82. The topological polar surface area (TPSA) is 67.8 Å². The molecule has 2 heterocycles. The van der Waals surface area contributed by atoms with Crippen LogP contribution in [0.5, 0.6) is 5.75 Å². The van der Waals surface area contributed by atoms with Gasteiger partial charge in [0, 0.05) is 37.9 Å². The molecule has 2 aromatic rings. The van der Waals surface area contributed by atoms with Crippen molar-refractivity contribution in [1.82, 2.24) is 15.6 Å². The van der Waals surface area contributed by atoms with Crippen molar-refractivity contribution >= 4 is 41.5 Å². The first-order chi connectivity index (χ1) is 15.1. The second-order valence-electron chi connectivity index (χ2n) is 7.71. The lowest BCUT2D eigenvalue weighted by molar-refractivity contribution is 0.0531. The van der Waals surface area contributed by atoms with Gasteiger partial charge in [-0.1, -0.05) is 29.8 Å². The van der Waals surface area contributed by atoms with Crippen molar-refractivity contribution in [2.75, 3.05) is 39.5 Å². The van der Waals surface area contributed by atoms with Crippen molar-refractivity contribution in [3.63, 3.8) is 0 Å². The minimum atomic E-state index is -0.0224. The van der Waals surface area contributed by atoms with E-state index in [1.54, 1.807) is 0 Å². The number of aromatic nitrogens is 1.